The first kappa shape index (κ1) is 16.1. The van der Waals surface area contributed by atoms with E-state index in [4.69, 9.17) is 4.74 Å². The molecule has 1 heterocycles. The maximum Gasteiger partial charge on any atom is 0.309 e. The topological polar surface area (TPSA) is 26.3 Å². The molecule has 2 aliphatic carbocycles. The number of fused-ring (bicyclic) bond motifs is 1. The summed E-state index contributed by atoms with van der Waals surface area (Å²) in [4.78, 5) is 11.6. The maximum absolute atomic E-state index is 11.6. The van der Waals surface area contributed by atoms with Crippen LogP contribution in [0.5, 0.6) is 0 Å². The molecule has 0 radical (unpaired) electrons. The molecule has 2 unspecified atom stereocenters. The van der Waals surface area contributed by atoms with Gasteiger partial charge in [0, 0.05) is 0 Å². The van der Waals surface area contributed by atoms with Crippen molar-refractivity contribution in [3.63, 3.8) is 0 Å². The summed E-state index contributed by atoms with van der Waals surface area (Å²) in [6, 6.07) is 0. The zero-order chi connectivity index (χ0) is 15.9. The minimum absolute atomic E-state index is 0.0154. The van der Waals surface area contributed by atoms with Crippen LogP contribution in [-0.2, 0) is 9.53 Å². The van der Waals surface area contributed by atoms with Gasteiger partial charge < -0.3 is 4.74 Å². The van der Waals surface area contributed by atoms with Crippen LogP contribution in [0.3, 0.4) is 0 Å². The summed E-state index contributed by atoms with van der Waals surface area (Å²) in [5, 5.41) is 0. The number of hydrogen-bond acceptors (Lipinski definition) is 2. The molecule has 1 saturated heterocycles. The minimum Gasteiger partial charge on any atom is -0.462 e. The molecule has 0 aromatic carbocycles. The molecule has 1 aliphatic heterocycles. The first-order chi connectivity index (χ1) is 10.5. The quantitative estimate of drug-likeness (QED) is 0.534. The van der Waals surface area contributed by atoms with Gasteiger partial charge in [0.15, 0.2) is 0 Å². The number of esters is 1. The van der Waals surface area contributed by atoms with Gasteiger partial charge in [0.05, 0.1) is 5.92 Å². The fraction of sp³-hybridized carbons (Fsp3) is 0.850. The fourth-order valence-corrected chi connectivity index (χ4v) is 5.90. The van der Waals surface area contributed by atoms with Gasteiger partial charge in [-0.05, 0) is 75.0 Å². The number of carbonyl (C=O) groups is 1. The number of carbonyl (C=O) groups excluding carboxylic acids is 1. The van der Waals surface area contributed by atoms with Gasteiger partial charge in [0.1, 0.15) is 6.10 Å². The Balaban J connectivity index is 1.68. The van der Waals surface area contributed by atoms with Gasteiger partial charge in [-0.15, -0.1) is 0 Å². The van der Waals surface area contributed by atoms with Crippen LogP contribution in [0.2, 0.25) is 0 Å². The maximum atomic E-state index is 11.6. The summed E-state index contributed by atoms with van der Waals surface area (Å²) in [5.74, 6) is 2.38. The molecule has 2 nitrogen and oxygen atoms in total. The summed E-state index contributed by atoms with van der Waals surface area (Å²) < 4.78 is 5.56. The van der Waals surface area contributed by atoms with E-state index in [0.29, 0.717) is 11.3 Å². The number of ether oxygens (including phenoxy) is 1. The molecule has 22 heavy (non-hydrogen) atoms. The first-order valence-corrected chi connectivity index (χ1v) is 9.31. The van der Waals surface area contributed by atoms with Crippen LogP contribution in [0.25, 0.3) is 0 Å². The highest BCUT2D eigenvalue weighted by molar-refractivity contribution is 5.74. The van der Waals surface area contributed by atoms with Crippen LogP contribution in [0.15, 0.2) is 11.6 Å². The van der Waals surface area contributed by atoms with E-state index in [2.05, 4.69) is 26.8 Å². The van der Waals surface area contributed by atoms with E-state index in [0.717, 1.165) is 24.7 Å². The molecular formula is C20H32O2. The Kier molecular flexibility index (Phi) is 4.40. The molecule has 0 spiro atoms. The van der Waals surface area contributed by atoms with Crippen molar-refractivity contribution in [3.8, 4) is 0 Å². The van der Waals surface area contributed by atoms with Crippen LogP contribution >= 0.6 is 0 Å². The molecule has 3 aliphatic rings. The van der Waals surface area contributed by atoms with Gasteiger partial charge in [-0.25, -0.2) is 0 Å². The lowest BCUT2D eigenvalue weighted by Gasteiger charge is -2.44. The van der Waals surface area contributed by atoms with Gasteiger partial charge in [-0.1, -0.05) is 32.4 Å². The monoisotopic (exact) mass is 304 g/mol. The molecule has 3 fully saturated rings. The van der Waals surface area contributed by atoms with E-state index in [-0.39, 0.29) is 18.0 Å². The highest BCUT2D eigenvalue weighted by atomic mass is 16.5. The van der Waals surface area contributed by atoms with Crippen LogP contribution in [0, 0.1) is 29.1 Å². The average Bonchev–Trinajstić information content (AvgIpc) is 2.98. The molecule has 6 atom stereocenters. The van der Waals surface area contributed by atoms with E-state index in [1.807, 2.05) is 6.92 Å². The van der Waals surface area contributed by atoms with Crippen molar-refractivity contribution in [3.05, 3.63) is 11.6 Å². The van der Waals surface area contributed by atoms with Gasteiger partial charge >= 0.3 is 5.97 Å². The fourth-order valence-electron chi connectivity index (χ4n) is 5.90. The lowest BCUT2D eigenvalue weighted by molar-refractivity contribution is -0.144. The molecule has 2 heteroatoms. The Morgan fingerprint density at radius 2 is 2.18 bits per heavy atom. The smallest absolute Gasteiger partial charge is 0.309 e. The summed E-state index contributed by atoms with van der Waals surface area (Å²) in [7, 11) is 0. The Bertz CT molecular complexity index is 466. The van der Waals surface area contributed by atoms with Crippen molar-refractivity contribution in [1.82, 2.24) is 0 Å². The summed E-state index contributed by atoms with van der Waals surface area (Å²) >= 11 is 0. The van der Waals surface area contributed by atoms with Crippen LogP contribution in [0.1, 0.15) is 72.6 Å². The first-order valence-electron chi connectivity index (χ1n) is 9.31. The highest BCUT2D eigenvalue weighted by Crippen LogP contribution is 2.59. The summed E-state index contributed by atoms with van der Waals surface area (Å²) in [6.07, 6.45) is 11.3. The van der Waals surface area contributed by atoms with Crippen molar-refractivity contribution < 1.29 is 9.53 Å². The number of hydrogen-bond donors (Lipinski definition) is 0. The third-order valence-corrected chi connectivity index (χ3v) is 7.03. The molecule has 3 rings (SSSR count). The second-order valence-corrected chi connectivity index (χ2v) is 8.37. The Hall–Kier alpha value is -0.790. The normalized spacial score (nSPS) is 44.9. The van der Waals surface area contributed by atoms with Gasteiger partial charge in [0.2, 0.25) is 0 Å². The van der Waals surface area contributed by atoms with Crippen molar-refractivity contribution in [2.45, 2.75) is 78.7 Å². The summed E-state index contributed by atoms with van der Waals surface area (Å²) in [6.45, 7) is 9.16. The largest absolute Gasteiger partial charge is 0.462 e. The van der Waals surface area contributed by atoms with Crippen molar-refractivity contribution >= 4 is 5.97 Å². The van der Waals surface area contributed by atoms with Crippen LogP contribution in [0.4, 0.5) is 0 Å². The van der Waals surface area contributed by atoms with E-state index in [1.54, 1.807) is 5.57 Å². The molecule has 0 bridgehead atoms. The molecule has 0 aromatic heterocycles. The van der Waals surface area contributed by atoms with Gasteiger partial charge in [0.25, 0.3) is 0 Å². The minimum atomic E-state index is 0.0154. The van der Waals surface area contributed by atoms with Crippen molar-refractivity contribution in [2.75, 3.05) is 0 Å². The summed E-state index contributed by atoms with van der Waals surface area (Å²) in [5.41, 5.74) is 2.19. The molecular weight excluding hydrogens is 272 g/mol. The van der Waals surface area contributed by atoms with Gasteiger partial charge in [-0.3, -0.25) is 4.79 Å². The SMILES string of the molecule is C/C=C1\CCC[C@]2(C)[C@@H]([C@H](C)CC3CC(C)C(=O)O3)CC[C@@H]12. The lowest BCUT2D eigenvalue weighted by Crippen LogP contribution is -2.36. The zero-order valence-electron chi connectivity index (χ0n) is 14.7. The Labute approximate surface area is 135 Å². The second kappa shape index (κ2) is 6.02. The van der Waals surface area contributed by atoms with E-state index < -0.39 is 0 Å². The third-order valence-electron chi connectivity index (χ3n) is 7.03. The molecule has 0 N–H and O–H groups in total. The van der Waals surface area contributed by atoms with E-state index in [1.165, 1.54) is 32.1 Å². The molecule has 0 amide bonds. The average molecular weight is 304 g/mol. The van der Waals surface area contributed by atoms with Crippen molar-refractivity contribution in [1.29, 1.82) is 0 Å². The van der Waals surface area contributed by atoms with Crippen LogP contribution in [-0.4, -0.2) is 12.1 Å². The third kappa shape index (κ3) is 2.63. The standard InChI is InChI=1S/C20H32O2/c1-5-15-7-6-10-20(4)17(8-9-18(15)20)13(2)11-16-12-14(3)19(21)22-16/h5,13-14,16-18H,6-12H2,1-4H3/b15-5+/t13-,14?,16?,17-,18+,20-/m1/s1. The predicted molar refractivity (Wildman–Crippen MR) is 89.4 cm³/mol. The number of allylic oxidation sites excluding steroid dienone is 2. The molecule has 2 saturated carbocycles. The predicted octanol–water partition coefficient (Wildman–Crippen LogP) is 5.13. The molecule has 124 valence electrons. The zero-order valence-corrected chi connectivity index (χ0v) is 14.7. The van der Waals surface area contributed by atoms with E-state index in [9.17, 15) is 4.79 Å². The van der Waals surface area contributed by atoms with Crippen LogP contribution < -0.4 is 0 Å². The second-order valence-electron chi connectivity index (χ2n) is 8.37. The van der Waals surface area contributed by atoms with E-state index >= 15 is 0 Å². The van der Waals surface area contributed by atoms with Gasteiger partial charge in [-0.2, -0.15) is 0 Å². The number of rotatable bonds is 3. The molecule has 0 aromatic rings. The van der Waals surface area contributed by atoms with Crippen molar-refractivity contribution in [2.24, 2.45) is 29.1 Å². The highest BCUT2D eigenvalue weighted by Gasteiger charge is 2.51. The lowest BCUT2D eigenvalue weighted by atomic mass is 9.60. The Morgan fingerprint density at radius 1 is 1.41 bits per heavy atom. The Morgan fingerprint density at radius 3 is 2.82 bits per heavy atom. The number of cyclic esters (lactones) is 1.